The molecule has 0 spiro atoms. The molecule has 0 aliphatic rings. The molecule has 0 aliphatic heterocycles. The molecule has 1 aromatic carbocycles. The van der Waals surface area contributed by atoms with Crippen molar-refractivity contribution in [1.29, 1.82) is 0 Å². The van der Waals surface area contributed by atoms with Crippen molar-refractivity contribution in [3.05, 3.63) is 28.8 Å². The summed E-state index contributed by atoms with van der Waals surface area (Å²) in [7, 11) is 1.57. The molecule has 1 aromatic rings. The van der Waals surface area contributed by atoms with Crippen LogP contribution in [-0.2, 0) is 9.53 Å². The van der Waals surface area contributed by atoms with Crippen molar-refractivity contribution in [2.45, 2.75) is 19.4 Å². The molecule has 0 amide bonds. The molecule has 0 aromatic heterocycles. The number of methoxy groups -OCH3 is 1. The maximum absolute atomic E-state index is 11.4. The number of carbonyl (C=O) groups is 1. The predicted molar refractivity (Wildman–Crippen MR) is 64.9 cm³/mol. The third-order valence-electron chi connectivity index (χ3n) is 2.35. The molecule has 0 unspecified atom stereocenters. The minimum atomic E-state index is -0.269. The van der Waals surface area contributed by atoms with Crippen LogP contribution in [0.5, 0.6) is 5.75 Å². The van der Waals surface area contributed by atoms with E-state index in [1.54, 1.807) is 32.2 Å². The quantitative estimate of drug-likeness (QED) is 0.816. The van der Waals surface area contributed by atoms with Gasteiger partial charge in [0.25, 0.3) is 0 Å². The molecule has 3 N–H and O–H groups in total. The number of hydrogen-bond acceptors (Lipinski definition) is 3. The van der Waals surface area contributed by atoms with Gasteiger partial charge in [-0.25, -0.2) is 0 Å². The molecule has 0 heterocycles. The van der Waals surface area contributed by atoms with Crippen LogP contribution < -0.4 is 10.5 Å². The summed E-state index contributed by atoms with van der Waals surface area (Å²) in [6.45, 7) is 2.15. The van der Waals surface area contributed by atoms with E-state index in [9.17, 15) is 4.79 Å². The molecule has 1 atom stereocenters. The first-order valence-electron chi connectivity index (χ1n) is 5.40. The van der Waals surface area contributed by atoms with Crippen molar-refractivity contribution in [3.63, 3.8) is 0 Å². The Hall–Kier alpha value is -1.26. The van der Waals surface area contributed by atoms with E-state index in [2.05, 4.69) is 5.73 Å². The van der Waals surface area contributed by atoms with Crippen molar-refractivity contribution in [3.8, 4) is 5.75 Å². The van der Waals surface area contributed by atoms with E-state index in [1.807, 2.05) is 0 Å². The van der Waals surface area contributed by atoms with Crippen molar-refractivity contribution in [2.24, 2.45) is 0 Å². The average molecular weight is 259 g/mol. The van der Waals surface area contributed by atoms with E-state index in [0.717, 1.165) is 5.56 Å². The smallest absolute Gasteiger partial charge is 0.312 e. The molecule has 0 fully saturated rings. The lowest BCUT2D eigenvalue weighted by atomic mass is 10.0. The summed E-state index contributed by atoms with van der Waals surface area (Å²) in [5, 5.41) is 0.596. The van der Waals surface area contributed by atoms with Crippen LogP contribution in [-0.4, -0.2) is 19.7 Å². The van der Waals surface area contributed by atoms with Gasteiger partial charge in [0.1, 0.15) is 18.2 Å². The minimum Gasteiger partial charge on any atom is -0.496 e. The highest BCUT2D eigenvalue weighted by Crippen LogP contribution is 2.27. The Labute approximate surface area is 106 Å². The lowest BCUT2D eigenvalue weighted by molar-refractivity contribution is -0.426. The number of halogens is 1. The van der Waals surface area contributed by atoms with Gasteiger partial charge < -0.3 is 15.2 Å². The highest BCUT2D eigenvalue weighted by atomic mass is 35.5. The van der Waals surface area contributed by atoms with Crippen molar-refractivity contribution < 1.29 is 20.0 Å². The van der Waals surface area contributed by atoms with E-state index in [0.29, 0.717) is 17.4 Å². The lowest BCUT2D eigenvalue weighted by Gasteiger charge is -2.12. The van der Waals surface area contributed by atoms with Crippen LogP contribution in [0.2, 0.25) is 5.02 Å². The van der Waals surface area contributed by atoms with Crippen LogP contribution in [0, 0.1) is 0 Å². The molecule has 0 bridgehead atoms. The van der Waals surface area contributed by atoms with E-state index in [1.165, 1.54) is 0 Å². The second-order valence-electron chi connectivity index (χ2n) is 3.59. The van der Waals surface area contributed by atoms with E-state index in [-0.39, 0.29) is 18.4 Å². The van der Waals surface area contributed by atoms with Crippen molar-refractivity contribution >= 4 is 17.6 Å². The van der Waals surface area contributed by atoms with Gasteiger partial charge in [0.2, 0.25) is 0 Å². The number of quaternary nitrogens is 1. The van der Waals surface area contributed by atoms with Gasteiger partial charge in [-0.3, -0.25) is 4.79 Å². The average Bonchev–Trinajstić information content (AvgIpc) is 2.29. The van der Waals surface area contributed by atoms with Gasteiger partial charge in [0.05, 0.1) is 19.3 Å². The number of benzene rings is 1. The van der Waals surface area contributed by atoms with Gasteiger partial charge in [0, 0.05) is 5.02 Å². The Morgan fingerprint density at radius 2 is 2.24 bits per heavy atom. The molecule has 0 saturated heterocycles. The van der Waals surface area contributed by atoms with Crippen LogP contribution in [0.3, 0.4) is 0 Å². The van der Waals surface area contributed by atoms with Crippen LogP contribution in [0.15, 0.2) is 18.2 Å². The zero-order chi connectivity index (χ0) is 12.8. The second kappa shape index (κ2) is 6.47. The second-order valence-corrected chi connectivity index (χ2v) is 4.03. The number of ether oxygens (including phenoxy) is 2. The molecule has 94 valence electrons. The molecular formula is C12H17ClNO3+. The fourth-order valence-corrected chi connectivity index (χ4v) is 1.74. The Kier molecular flexibility index (Phi) is 5.25. The van der Waals surface area contributed by atoms with Crippen LogP contribution >= 0.6 is 11.6 Å². The standard InChI is InChI=1S/C12H16ClNO3/c1-3-17-12(15)7-10(14)9-6-8(13)4-5-11(9)16-2/h4-6,10H,3,7,14H2,1-2H3/p+1/t10-/m0/s1. The number of esters is 1. The summed E-state index contributed by atoms with van der Waals surface area (Å²) in [5.74, 6) is 0.410. The third-order valence-corrected chi connectivity index (χ3v) is 2.59. The Morgan fingerprint density at radius 1 is 1.53 bits per heavy atom. The summed E-state index contributed by atoms with van der Waals surface area (Å²) < 4.78 is 10.1. The summed E-state index contributed by atoms with van der Waals surface area (Å²) >= 11 is 5.92. The Morgan fingerprint density at radius 3 is 2.82 bits per heavy atom. The first-order valence-corrected chi connectivity index (χ1v) is 5.78. The predicted octanol–water partition coefficient (Wildman–Crippen LogP) is 1.58. The van der Waals surface area contributed by atoms with Gasteiger partial charge >= 0.3 is 5.97 Å². The number of rotatable bonds is 5. The molecular weight excluding hydrogens is 242 g/mol. The first kappa shape index (κ1) is 13.8. The molecule has 5 heteroatoms. The summed E-state index contributed by atoms with van der Waals surface area (Å²) in [6.07, 6.45) is 0.213. The highest BCUT2D eigenvalue weighted by Gasteiger charge is 2.20. The summed E-state index contributed by atoms with van der Waals surface area (Å²) in [4.78, 5) is 11.4. The molecule has 17 heavy (non-hydrogen) atoms. The first-order chi connectivity index (χ1) is 8.08. The number of hydrogen-bond donors (Lipinski definition) is 1. The van der Waals surface area contributed by atoms with Crippen molar-refractivity contribution in [1.82, 2.24) is 0 Å². The van der Waals surface area contributed by atoms with Gasteiger partial charge in [-0.1, -0.05) is 11.6 Å². The summed E-state index contributed by atoms with van der Waals surface area (Å²) in [6, 6.07) is 5.03. The topological polar surface area (TPSA) is 63.2 Å². The van der Waals surface area contributed by atoms with Crippen LogP contribution in [0.4, 0.5) is 0 Å². The third kappa shape index (κ3) is 3.91. The normalized spacial score (nSPS) is 12.0. The zero-order valence-electron chi connectivity index (χ0n) is 10.0. The Bertz CT molecular complexity index is 395. The minimum absolute atomic E-state index is 0.213. The summed E-state index contributed by atoms with van der Waals surface area (Å²) in [5.41, 5.74) is 4.75. The Balaban J connectivity index is 2.83. The van der Waals surface area contributed by atoms with Gasteiger partial charge in [-0.15, -0.1) is 0 Å². The van der Waals surface area contributed by atoms with Gasteiger partial charge in [-0.05, 0) is 25.1 Å². The largest absolute Gasteiger partial charge is 0.496 e. The molecule has 0 saturated carbocycles. The van der Waals surface area contributed by atoms with E-state index < -0.39 is 0 Å². The van der Waals surface area contributed by atoms with Crippen LogP contribution in [0.1, 0.15) is 24.9 Å². The monoisotopic (exact) mass is 258 g/mol. The van der Waals surface area contributed by atoms with Crippen LogP contribution in [0.25, 0.3) is 0 Å². The van der Waals surface area contributed by atoms with Crippen molar-refractivity contribution in [2.75, 3.05) is 13.7 Å². The lowest BCUT2D eigenvalue weighted by Crippen LogP contribution is -2.54. The van der Waals surface area contributed by atoms with E-state index >= 15 is 0 Å². The fourth-order valence-electron chi connectivity index (χ4n) is 1.56. The molecule has 0 radical (unpaired) electrons. The molecule has 1 rings (SSSR count). The van der Waals surface area contributed by atoms with Gasteiger partial charge in [0.15, 0.2) is 0 Å². The zero-order valence-corrected chi connectivity index (χ0v) is 10.8. The molecule has 0 aliphatic carbocycles. The molecule has 4 nitrogen and oxygen atoms in total. The van der Waals surface area contributed by atoms with E-state index in [4.69, 9.17) is 21.1 Å². The SMILES string of the molecule is CCOC(=O)C[C@H]([NH3+])c1cc(Cl)ccc1OC. The number of carbonyl (C=O) groups excluding carboxylic acids is 1. The van der Waals surface area contributed by atoms with Gasteiger partial charge in [-0.2, -0.15) is 0 Å². The highest BCUT2D eigenvalue weighted by molar-refractivity contribution is 6.30. The maximum atomic E-state index is 11.4. The maximum Gasteiger partial charge on any atom is 0.312 e. The fraction of sp³-hybridized carbons (Fsp3) is 0.417.